The Balaban J connectivity index is 1.59. The van der Waals surface area contributed by atoms with E-state index in [-0.39, 0.29) is 6.10 Å². The highest BCUT2D eigenvalue weighted by Crippen LogP contribution is 2.60. The summed E-state index contributed by atoms with van der Waals surface area (Å²) in [4.78, 5) is 0. The summed E-state index contributed by atoms with van der Waals surface area (Å²) >= 11 is 0. The molecule has 0 aromatic heterocycles. The second-order valence-corrected chi connectivity index (χ2v) is 6.67. The smallest absolute Gasteiger partial charge is 0.102 e. The van der Waals surface area contributed by atoms with Crippen LogP contribution in [0.3, 0.4) is 0 Å². The third kappa shape index (κ3) is 2.68. The van der Waals surface area contributed by atoms with Crippen LogP contribution in [0, 0.1) is 11.3 Å². The molecule has 2 aliphatic rings. The number of fused-ring (bicyclic) bond motifs is 1. The Bertz CT molecular complexity index is 501. The molecule has 1 aromatic rings. The summed E-state index contributed by atoms with van der Waals surface area (Å²) in [7, 11) is 0. The lowest BCUT2D eigenvalue weighted by Crippen LogP contribution is -2.32. The quantitative estimate of drug-likeness (QED) is 0.772. The van der Waals surface area contributed by atoms with Crippen molar-refractivity contribution in [3.8, 4) is 0 Å². The molecule has 1 saturated carbocycles. The molecule has 3 atom stereocenters. The minimum atomic E-state index is 0.157. The molecule has 20 heavy (non-hydrogen) atoms. The van der Waals surface area contributed by atoms with E-state index in [9.17, 15) is 0 Å². The number of benzene rings is 1. The lowest BCUT2D eigenvalue weighted by atomic mass is 9.92. The molecule has 0 spiro atoms. The third-order valence-corrected chi connectivity index (χ3v) is 4.65. The topological polar surface area (TPSA) is 18.5 Å². The molecule has 1 aliphatic heterocycles. The van der Waals surface area contributed by atoms with E-state index in [1.807, 2.05) is 18.2 Å². The van der Waals surface area contributed by atoms with Gasteiger partial charge in [-0.05, 0) is 42.7 Å². The normalized spacial score (nSPS) is 31.9. The highest BCUT2D eigenvalue weighted by Gasteiger charge is 2.56. The minimum absolute atomic E-state index is 0.157. The van der Waals surface area contributed by atoms with Crippen molar-refractivity contribution in [1.29, 1.82) is 0 Å². The summed E-state index contributed by atoms with van der Waals surface area (Å²) in [6, 6.07) is 10.3. The Morgan fingerprint density at radius 2 is 2.05 bits per heavy atom. The molecule has 2 fully saturated rings. The molecule has 1 aliphatic carbocycles. The van der Waals surface area contributed by atoms with Gasteiger partial charge in [0.15, 0.2) is 0 Å². The van der Waals surface area contributed by atoms with Gasteiger partial charge in [0, 0.05) is 0 Å². The van der Waals surface area contributed by atoms with Crippen LogP contribution < -0.4 is 0 Å². The number of ether oxygens (including phenoxy) is 2. The largest absolute Gasteiger partial charge is 0.374 e. The van der Waals surface area contributed by atoms with Crippen LogP contribution >= 0.6 is 0 Å². The van der Waals surface area contributed by atoms with Gasteiger partial charge in [0.2, 0.25) is 0 Å². The summed E-state index contributed by atoms with van der Waals surface area (Å²) in [5.41, 5.74) is 4.53. The molecule has 0 unspecified atom stereocenters. The van der Waals surface area contributed by atoms with Gasteiger partial charge in [-0.15, -0.1) is 0 Å². The average molecular weight is 272 g/mol. The van der Waals surface area contributed by atoms with Gasteiger partial charge in [0.05, 0.1) is 19.8 Å². The van der Waals surface area contributed by atoms with Crippen molar-refractivity contribution in [2.24, 2.45) is 11.3 Å². The van der Waals surface area contributed by atoms with E-state index in [0.717, 1.165) is 12.5 Å². The second-order valence-electron chi connectivity index (χ2n) is 6.67. The lowest BCUT2D eigenvalue weighted by molar-refractivity contribution is -0.0366. The van der Waals surface area contributed by atoms with Gasteiger partial charge in [0.25, 0.3) is 0 Å². The van der Waals surface area contributed by atoms with E-state index < -0.39 is 0 Å². The molecule has 0 radical (unpaired) electrons. The van der Waals surface area contributed by atoms with Gasteiger partial charge >= 0.3 is 0 Å². The van der Waals surface area contributed by atoms with Gasteiger partial charge in [-0.3, -0.25) is 0 Å². The maximum atomic E-state index is 6.06. The molecule has 0 N–H and O–H groups in total. The summed E-state index contributed by atoms with van der Waals surface area (Å²) in [6.45, 7) is 8.95. The predicted octanol–water partition coefficient (Wildman–Crippen LogP) is 3.96. The van der Waals surface area contributed by atoms with Crippen LogP contribution in [-0.4, -0.2) is 19.3 Å². The minimum Gasteiger partial charge on any atom is -0.374 e. The van der Waals surface area contributed by atoms with Crippen LogP contribution in [-0.2, 0) is 16.1 Å². The van der Waals surface area contributed by atoms with E-state index in [1.54, 1.807) is 0 Å². The van der Waals surface area contributed by atoms with Crippen LogP contribution in [0.5, 0.6) is 0 Å². The van der Waals surface area contributed by atoms with E-state index in [0.29, 0.717) is 18.6 Å². The van der Waals surface area contributed by atoms with Gasteiger partial charge in [-0.1, -0.05) is 42.8 Å². The zero-order valence-corrected chi connectivity index (χ0v) is 12.7. The van der Waals surface area contributed by atoms with E-state index in [2.05, 4.69) is 32.9 Å². The van der Waals surface area contributed by atoms with E-state index in [1.165, 1.54) is 23.1 Å². The summed E-state index contributed by atoms with van der Waals surface area (Å²) in [5.74, 6) is 0.728. The lowest BCUT2D eigenvalue weighted by Gasteiger charge is -2.30. The highest BCUT2D eigenvalue weighted by molar-refractivity contribution is 5.30. The Labute approximate surface area is 121 Å². The first-order valence-electron chi connectivity index (χ1n) is 7.51. The SMILES string of the molecule is CC(C)=C1[C@H](COCc2ccccc2)OC[C@@]2(C)C[C@@H]12. The highest BCUT2D eigenvalue weighted by atomic mass is 16.5. The van der Waals surface area contributed by atoms with Gasteiger partial charge in [-0.2, -0.15) is 0 Å². The Morgan fingerprint density at radius 3 is 2.75 bits per heavy atom. The first-order valence-corrected chi connectivity index (χ1v) is 7.51. The predicted molar refractivity (Wildman–Crippen MR) is 80.4 cm³/mol. The first-order chi connectivity index (χ1) is 9.60. The fourth-order valence-corrected chi connectivity index (χ4v) is 3.32. The van der Waals surface area contributed by atoms with Crippen molar-refractivity contribution < 1.29 is 9.47 Å². The molecule has 0 amide bonds. The molecule has 1 aromatic carbocycles. The Kier molecular flexibility index (Phi) is 3.70. The first kappa shape index (κ1) is 13.8. The monoisotopic (exact) mass is 272 g/mol. The third-order valence-electron chi connectivity index (χ3n) is 4.65. The molecule has 2 heteroatoms. The van der Waals surface area contributed by atoms with E-state index >= 15 is 0 Å². The number of rotatable bonds is 4. The molecule has 0 bridgehead atoms. The number of hydrogen-bond donors (Lipinski definition) is 0. The van der Waals surface area contributed by atoms with E-state index in [4.69, 9.17) is 9.47 Å². The van der Waals surface area contributed by atoms with Gasteiger partial charge in [0.1, 0.15) is 6.10 Å². The zero-order chi connectivity index (χ0) is 14.2. The van der Waals surface area contributed by atoms with Crippen LogP contribution in [0.15, 0.2) is 41.5 Å². The number of hydrogen-bond acceptors (Lipinski definition) is 2. The van der Waals surface area contributed by atoms with Crippen molar-refractivity contribution >= 4 is 0 Å². The fourth-order valence-electron chi connectivity index (χ4n) is 3.32. The van der Waals surface area contributed by atoms with Crippen molar-refractivity contribution in [2.75, 3.05) is 13.2 Å². The number of allylic oxidation sites excluding steroid dienone is 1. The summed E-state index contributed by atoms with van der Waals surface area (Å²) in [6.07, 6.45) is 1.44. The van der Waals surface area contributed by atoms with Crippen LogP contribution in [0.4, 0.5) is 0 Å². The van der Waals surface area contributed by atoms with Crippen LogP contribution in [0.25, 0.3) is 0 Å². The maximum Gasteiger partial charge on any atom is 0.102 e. The molecule has 3 rings (SSSR count). The molecule has 1 heterocycles. The molecular weight excluding hydrogens is 248 g/mol. The van der Waals surface area contributed by atoms with Gasteiger partial charge < -0.3 is 9.47 Å². The standard InChI is InChI=1S/C18H24O2/c1-13(2)17-15-9-18(15,3)12-20-16(17)11-19-10-14-7-5-4-6-8-14/h4-8,15-16H,9-12H2,1-3H3/t15-,16-,18+/m0/s1. The van der Waals surface area contributed by atoms with Crippen molar-refractivity contribution in [3.05, 3.63) is 47.0 Å². The van der Waals surface area contributed by atoms with Crippen molar-refractivity contribution in [1.82, 2.24) is 0 Å². The molecule has 1 saturated heterocycles. The molecule has 2 nitrogen and oxygen atoms in total. The fraction of sp³-hybridized carbons (Fsp3) is 0.556. The summed E-state index contributed by atoms with van der Waals surface area (Å²) in [5, 5.41) is 0. The van der Waals surface area contributed by atoms with Gasteiger partial charge in [-0.25, -0.2) is 0 Å². The summed E-state index contributed by atoms with van der Waals surface area (Å²) < 4.78 is 11.9. The molecule has 108 valence electrons. The average Bonchev–Trinajstić information content (AvgIpc) is 3.11. The Hall–Kier alpha value is -1.12. The van der Waals surface area contributed by atoms with Crippen molar-refractivity contribution in [2.45, 2.75) is 39.9 Å². The second kappa shape index (κ2) is 5.34. The van der Waals surface area contributed by atoms with Crippen molar-refractivity contribution in [3.63, 3.8) is 0 Å². The molecular formula is C18H24O2. The zero-order valence-electron chi connectivity index (χ0n) is 12.7. The maximum absolute atomic E-state index is 6.06. The van der Waals surface area contributed by atoms with Crippen LogP contribution in [0.1, 0.15) is 32.8 Å². The van der Waals surface area contributed by atoms with Crippen LogP contribution in [0.2, 0.25) is 0 Å². The Morgan fingerprint density at radius 1 is 1.30 bits per heavy atom.